The minimum absolute atomic E-state index is 0.863. The molecule has 0 saturated heterocycles. The van der Waals surface area contributed by atoms with Gasteiger partial charge in [0.15, 0.2) is 0 Å². The zero-order valence-electron chi connectivity index (χ0n) is 31.3. The van der Waals surface area contributed by atoms with E-state index in [1.165, 1.54) is 76.1 Å². The van der Waals surface area contributed by atoms with Gasteiger partial charge in [-0.25, -0.2) is 0 Å². The molecule has 0 bridgehead atoms. The lowest BCUT2D eigenvalue weighted by Gasteiger charge is -2.19. The van der Waals surface area contributed by atoms with Gasteiger partial charge in [-0.1, -0.05) is 158 Å². The number of hydrogen-bond acceptors (Lipinski definition) is 2. The third kappa shape index (κ3) is 4.43. The fraction of sp³-hybridized carbons (Fsp3) is 0. The fourth-order valence-corrected chi connectivity index (χ4v) is 9.90. The molecule has 0 unspecified atom stereocenters. The van der Waals surface area contributed by atoms with E-state index in [-0.39, 0.29) is 0 Å². The molecule has 2 heterocycles. The van der Waals surface area contributed by atoms with Crippen molar-refractivity contribution in [3.8, 4) is 33.4 Å². The second kappa shape index (κ2) is 11.9. The summed E-state index contributed by atoms with van der Waals surface area (Å²) >= 11 is 0. The highest BCUT2D eigenvalue weighted by Gasteiger charge is 2.22. The molecule has 0 saturated carbocycles. The molecule has 0 aliphatic heterocycles. The lowest BCUT2D eigenvalue weighted by atomic mass is 9.84. The maximum absolute atomic E-state index is 6.87. The van der Waals surface area contributed by atoms with Gasteiger partial charge in [-0.3, -0.25) is 0 Å². The highest BCUT2D eigenvalue weighted by atomic mass is 16.3. The first-order valence-electron chi connectivity index (χ1n) is 19.9. The number of benzene rings is 11. The molecule has 268 valence electrons. The van der Waals surface area contributed by atoms with Gasteiger partial charge in [0.1, 0.15) is 22.3 Å². The molecule has 13 aromatic rings. The van der Waals surface area contributed by atoms with Crippen LogP contribution in [0.4, 0.5) is 0 Å². The van der Waals surface area contributed by atoms with E-state index >= 15 is 0 Å². The van der Waals surface area contributed by atoms with Crippen LogP contribution < -0.4 is 0 Å². The van der Waals surface area contributed by atoms with E-state index in [9.17, 15) is 0 Å². The summed E-state index contributed by atoms with van der Waals surface area (Å²) in [6.45, 7) is 0. The molecule has 0 N–H and O–H groups in total. The Kier molecular flexibility index (Phi) is 6.47. The van der Waals surface area contributed by atoms with Crippen LogP contribution in [0.25, 0.3) is 131 Å². The lowest BCUT2D eigenvalue weighted by molar-refractivity contribution is 0.663. The standard InChI is InChI=1S/C56H32O2/c1-3-15-39-33(12-1)14-11-22-41(39)53-44-19-7-5-17-42(44)51(43-18-6-8-20-45(43)53)37-26-24-35-31-38(27-25-34(35)30-37)52-40-16-4-2-13-36(40)32-47-55-50(58-56(47)52)29-28-49-54(55)46-21-9-10-23-48(46)57-49/h1-32H. The van der Waals surface area contributed by atoms with E-state index in [2.05, 4.69) is 176 Å². The van der Waals surface area contributed by atoms with Crippen LogP contribution in [0.2, 0.25) is 0 Å². The van der Waals surface area contributed by atoms with Crippen molar-refractivity contribution in [2.45, 2.75) is 0 Å². The summed E-state index contributed by atoms with van der Waals surface area (Å²) in [4.78, 5) is 0. The largest absolute Gasteiger partial charge is 0.456 e. The van der Waals surface area contributed by atoms with Crippen molar-refractivity contribution in [1.82, 2.24) is 0 Å². The monoisotopic (exact) mass is 736 g/mol. The van der Waals surface area contributed by atoms with Gasteiger partial charge < -0.3 is 8.83 Å². The maximum Gasteiger partial charge on any atom is 0.143 e. The van der Waals surface area contributed by atoms with Crippen molar-refractivity contribution >= 4 is 97.7 Å². The van der Waals surface area contributed by atoms with Crippen LogP contribution in [0.1, 0.15) is 0 Å². The number of furan rings is 2. The molecule has 0 aliphatic rings. The number of fused-ring (bicyclic) bond motifs is 12. The molecule has 0 aliphatic carbocycles. The first-order chi connectivity index (χ1) is 28.8. The van der Waals surface area contributed by atoms with Gasteiger partial charge in [-0.2, -0.15) is 0 Å². The molecular formula is C56H32O2. The van der Waals surface area contributed by atoms with Crippen molar-refractivity contribution in [3.05, 3.63) is 194 Å². The lowest BCUT2D eigenvalue weighted by Crippen LogP contribution is -1.91. The number of para-hydroxylation sites is 1. The predicted molar refractivity (Wildman–Crippen MR) is 245 cm³/mol. The van der Waals surface area contributed by atoms with Gasteiger partial charge in [0.05, 0.1) is 0 Å². The minimum atomic E-state index is 0.863. The summed E-state index contributed by atoms with van der Waals surface area (Å²) in [7, 11) is 0. The fourth-order valence-electron chi connectivity index (χ4n) is 9.90. The predicted octanol–water partition coefficient (Wildman–Crippen LogP) is 16.3. The van der Waals surface area contributed by atoms with Crippen LogP contribution in [-0.4, -0.2) is 0 Å². The molecule has 11 aromatic carbocycles. The molecule has 2 heteroatoms. The number of hydrogen-bond donors (Lipinski definition) is 0. The van der Waals surface area contributed by atoms with E-state index < -0.39 is 0 Å². The molecule has 0 radical (unpaired) electrons. The Morgan fingerprint density at radius 1 is 0.259 bits per heavy atom. The Hall–Kier alpha value is -7.68. The highest BCUT2D eigenvalue weighted by Crippen LogP contribution is 2.48. The smallest absolute Gasteiger partial charge is 0.143 e. The first-order valence-corrected chi connectivity index (χ1v) is 19.9. The zero-order chi connectivity index (χ0) is 37.9. The molecular weight excluding hydrogens is 705 g/mol. The SMILES string of the molecule is c1ccc2c(-c3c4ccccc4c(-c4ccc5cc(-c6c7ccccc7cc7c6oc6ccc8oc9ccccc9c8c67)ccc5c4)c4ccccc34)cccc2c1. The van der Waals surface area contributed by atoms with E-state index in [0.29, 0.717) is 0 Å². The summed E-state index contributed by atoms with van der Waals surface area (Å²) < 4.78 is 13.2. The third-order valence-electron chi connectivity index (χ3n) is 12.4. The molecule has 0 atom stereocenters. The molecule has 2 aromatic heterocycles. The molecule has 0 fully saturated rings. The van der Waals surface area contributed by atoms with Crippen LogP contribution in [-0.2, 0) is 0 Å². The van der Waals surface area contributed by atoms with Crippen molar-refractivity contribution in [2.24, 2.45) is 0 Å². The normalized spacial score (nSPS) is 12.1. The van der Waals surface area contributed by atoms with Crippen LogP contribution in [0.3, 0.4) is 0 Å². The van der Waals surface area contributed by atoms with E-state index in [1.54, 1.807) is 0 Å². The second-order valence-electron chi connectivity index (χ2n) is 15.5. The number of rotatable bonds is 3. The van der Waals surface area contributed by atoms with Crippen molar-refractivity contribution in [2.75, 3.05) is 0 Å². The zero-order valence-corrected chi connectivity index (χ0v) is 31.3. The minimum Gasteiger partial charge on any atom is -0.456 e. The van der Waals surface area contributed by atoms with Gasteiger partial charge in [-0.15, -0.1) is 0 Å². The average molecular weight is 737 g/mol. The van der Waals surface area contributed by atoms with Gasteiger partial charge in [-0.05, 0) is 118 Å². The Morgan fingerprint density at radius 2 is 0.776 bits per heavy atom. The van der Waals surface area contributed by atoms with Gasteiger partial charge in [0.25, 0.3) is 0 Å². The summed E-state index contributed by atoms with van der Waals surface area (Å²) in [5, 5.41) is 16.7. The van der Waals surface area contributed by atoms with Crippen LogP contribution in [0.15, 0.2) is 203 Å². The van der Waals surface area contributed by atoms with Crippen LogP contribution in [0, 0.1) is 0 Å². The highest BCUT2D eigenvalue weighted by molar-refractivity contribution is 6.29. The van der Waals surface area contributed by atoms with Crippen molar-refractivity contribution in [3.63, 3.8) is 0 Å². The Balaban J connectivity index is 1.02. The summed E-state index contributed by atoms with van der Waals surface area (Å²) in [5.74, 6) is 0. The summed E-state index contributed by atoms with van der Waals surface area (Å²) in [6.07, 6.45) is 0. The van der Waals surface area contributed by atoms with Crippen molar-refractivity contribution < 1.29 is 8.83 Å². The quantitative estimate of drug-likeness (QED) is 0.169. The van der Waals surface area contributed by atoms with E-state index in [4.69, 9.17) is 8.83 Å². The third-order valence-corrected chi connectivity index (χ3v) is 12.4. The maximum atomic E-state index is 6.87. The topological polar surface area (TPSA) is 26.3 Å². The van der Waals surface area contributed by atoms with Gasteiger partial charge in [0, 0.05) is 27.1 Å². The van der Waals surface area contributed by atoms with Crippen LogP contribution in [0.5, 0.6) is 0 Å². The van der Waals surface area contributed by atoms with Gasteiger partial charge >= 0.3 is 0 Å². The summed E-state index contributed by atoms with van der Waals surface area (Å²) in [6, 6.07) is 70.4. The van der Waals surface area contributed by atoms with E-state index in [0.717, 1.165) is 55.0 Å². The molecule has 58 heavy (non-hydrogen) atoms. The molecule has 13 rings (SSSR count). The van der Waals surface area contributed by atoms with Crippen LogP contribution >= 0.6 is 0 Å². The van der Waals surface area contributed by atoms with Crippen molar-refractivity contribution in [1.29, 1.82) is 0 Å². The molecule has 0 spiro atoms. The summed E-state index contributed by atoms with van der Waals surface area (Å²) in [5.41, 5.74) is 10.8. The average Bonchev–Trinajstić information content (AvgIpc) is 3.85. The Labute approximate surface area is 332 Å². The first kappa shape index (κ1) is 31.5. The molecule has 0 amide bonds. The Bertz CT molecular complexity index is 3800. The Morgan fingerprint density at radius 3 is 1.48 bits per heavy atom. The van der Waals surface area contributed by atoms with Gasteiger partial charge in [0.2, 0.25) is 0 Å². The second-order valence-corrected chi connectivity index (χ2v) is 15.5. The van der Waals surface area contributed by atoms with E-state index in [1.807, 2.05) is 18.2 Å². The molecule has 2 nitrogen and oxygen atoms in total.